The van der Waals surface area contributed by atoms with E-state index in [1.165, 1.54) is 11.3 Å². The Hall–Kier alpha value is -1.95. The number of amides is 1. The van der Waals surface area contributed by atoms with Crippen molar-refractivity contribution in [2.45, 2.75) is 39.2 Å². The van der Waals surface area contributed by atoms with Gasteiger partial charge in [-0.2, -0.15) is 0 Å². The van der Waals surface area contributed by atoms with Gasteiger partial charge in [-0.05, 0) is 25.5 Å². The molecular weight excluding hydrogens is 288 g/mol. The molecule has 0 spiro atoms. The molecule has 5 nitrogen and oxygen atoms in total. The average Bonchev–Trinajstić information content (AvgIpc) is 2.87. The van der Waals surface area contributed by atoms with E-state index in [0.29, 0.717) is 5.13 Å². The van der Waals surface area contributed by atoms with E-state index >= 15 is 0 Å². The summed E-state index contributed by atoms with van der Waals surface area (Å²) in [6.45, 7) is 3.77. The van der Waals surface area contributed by atoms with Crippen molar-refractivity contribution in [3.63, 3.8) is 0 Å². The molecule has 21 heavy (non-hydrogen) atoms. The van der Waals surface area contributed by atoms with E-state index in [2.05, 4.69) is 10.3 Å². The number of anilines is 1. The Morgan fingerprint density at radius 2 is 2.10 bits per heavy atom. The minimum atomic E-state index is -0.344. The van der Waals surface area contributed by atoms with Crippen molar-refractivity contribution in [3.05, 3.63) is 24.3 Å². The fourth-order valence-corrected chi connectivity index (χ4v) is 2.57. The molecule has 0 bridgehead atoms. The molecule has 1 aromatic carbocycles. The van der Waals surface area contributed by atoms with Gasteiger partial charge in [0.2, 0.25) is 5.91 Å². The van der Waals surface area contributed by atoms with Crippen LogP contribution in [-0.4, -0.2) is 23.0 Å². The highest BCUT2D eigenvalue weighted by Crippen LogP contribution is 2.25. The third kappa shape index (κ3) is 4.53. The second-order valence-electron chi connectivity index (χ2n) is 4.74. The van der Waals surface area contributed by atoms with Crippen LogP contribution in [0, 0.1) is 0 Å². The Morgan fingerprint density at radius 1 is 1.33 bits per heavy atom. The SMILES string of the molecule is CCC(C)OC(=O)CCC(=O)Nc1nc2ccccc2s1. The molecule has 2 rings (SSSR count). The van der Waals surface area contributed by atoms with Gasteiger partial charge in [0, 0.05) is 6.42 Å². The Morgan fingerprint density at radius 3 is 2.81 bits per heavy atom. The quantitative estimate of drug-likeness (QED) is 0.831. The normalized spacial score (nSPS) is 12.1. The second kappa shape index (κ2) is 7.17. The van der Waals surface area contributed by atoms with Crippen molar-refractivity contribution < 1.29 is 14.3 Å². The Bertz CT molecular complexity index is 606. The Kier molecular flexibility index (Phi) is 5.27. The van der Waals surface area contributed by atoms with E-state index in [4.69, 9.17) is 4.74 Å². The number of hydrogen-bond acceptors (Lipinski definition) is 5. The zero-order chi connectivity index (χ0) is 15.2. The van der Waals surface area contributed by atoms with Gasteiger partial charge in [0.25, 0.3) is 0 Å². The van der Waals surface area contributed by atoms with Crippen LogP contribution in [0.1, 0.15) is 33.1 Å². The minimum absolute atomic E-state index is 0.0844. The van der Waals surface area contributed by atoms with Gasteiger partial charge in [0.15, 0.2) is 5.13 Å². The first-order chi connectivity index (χ1) is 10.1. The number of carbonyl (C=O) groups excluding carboxylic acids is 2. The number of carbonyl (C=O) groups is 2. The number of rotatable bonds is 6. The van der Waals surface area contributed by atoms with Crippen LogP contribution < -0.4 is 5.32 Å². The topological polar surface area (TPSA) is 68.3 Å². The first kappa shape index (κ1) is 15.4. The summed E-state index contributed by atoms with van der Waals surface area (Å²) in [7, 11) is 0. The molecule has 112 valence electrons. The number of ether oxygens (including phenoxy) is 1. The number of nitrogens with one attached hydrogen (secondary N) is 1. The van der Waals surface area contributed by atoms with Gasteiger partial charge in [-0.25, -0.2) is 4.98 Å². The number of esters is 1. The maximum atomic E-state index is 11.8. The van der Waals surface area contributed by atoms with Crippen LogP contribution in [0.5, 0.6) is 0 Å². The second-order valence-corrected chi connectivity index (χ2v) is 5.77. The highest BCUT2D eigenvalue weighted by atomic mass is 32.1. The van der Waals surface area contributed by atoms with E-state index < -0.39 is 0 Å². The molecule has 1 atom stereocenters. The largest absolute Gasteiger partial charge is 0.463 e. The van der Waals surface area contributed by atoms with Crippen molar-refractivity contribution in [1.82, 2.24) is 4.98 Å². The maximum absolute atomic E-state index is 11.8. The van der Waals surface area contributed by atoms with Crippen LogP contribution in [0.4, 0.5) is 5.13 Å². The molecule has 0 fully saturated rings. The van der Waals surface area contributed by atoms with Gasteiger partial charge in [-0.15, -0.1) is 0 Å². The molecule has 1 N–H and O–H groups in total. The molecule has 6 heteroatoms. The predicted octanol–water partition coefficient (Wildman–Crippen LogP) is 3.36. The average molecular weight is 306 g/mol. The summed E-state index contributed by atoms with van der Waals surface area (Å²) in [5.74, 6) is -0.570. The van der Waals surface area contributed by atoms with Crippen LogP contribution in [0.3, 0.4) is 0 Å². The summed E-state index contributed by atoms with van der Waals surface area (Å²) in [4.78, 5) is 27.6. The van der Waals surface area contributed by atoms with Crippen LogP contribution in [0.15, 0.2) is 24.3 Å². The lowest BCUT2D eigenvalue weighted by Crippen LogP contribution is -2.17. The van der Waals surface area contributed by atoms with E-state index in [0.717, 1.165) is 16.6 Å². The summed E-state index contributed by atoms with van der Waals surface area (Å²) in [5, 5.41) is 3.27. The van der Waals surface area contributed by atoms with Gasteiger partial charge in [-0.3, -0.25) is 9.59 Å². The van der Waals surface area contributed by atoms with Gasteiger partial charge >= 0.3 is 5.97 Å². The highest BCUT2D eigenvalue weighted by Gasteiger charge is 2.12. The summed E-state index contributed by atoms with van der Waals surface area (Å²) >= 11 is 1.41. The molecule has 1 amide bonds. The molecule has 0 radical (unpaired) electrons. The maximum Gasteiger partial charge on any atom is 0.306 e. The summed E-state index contributed by atoms with van der Waals surface area (Å²) in [5.41, 5.74) is 0.856. The lowest BCUT2D eigenvalue weighted by atomic mass is 10.3. The van der Waals surface area contributed by atoms with Crippen molar-refractivity contribution in [1.29, 1.82) is 0 Å². The van der Waals surface area contributed by atoms with Crippen LogP contribution >= 0.6 is 11.3 Å². The number of benzene rings is 1. The van der Waals surface area contributed by atoms with Gasteiger partial charge < -0.3 is 10.1 Å². The van der Waals surface area contributed by atoms with E-state index in [1.807, 2.05) is 38.1 Å². The minimum Gasteiger partial charge on any atom is -0.463 e. The van der Waals surface area contributed by atoms with Crippen LogP contribution in [0.25, 0.3) is 10.2 Å². The number of aromatic nitrogens is 1. The molecule has 1 unspecified atom stereocenters. The smallest absolute Gasteiger partial charge is 0.306 e. The molecule has 0 saturated heterocycles. The number of hydrogen-bond donors (Lipinski definition) is 1. The van der Waals surface area contributed by atoms with E-state index in [1.54, 1.807) is 0 Å². The lowest BCUT2D eigenvalue weighted by molar-refractivity contribution is -0.149. The van der Waals surface area contributed by atoms with Crippen molar-refractivity contribution in [2.24, 2.45) is 0 Å². The van der Waals surface area contributed by atoms with Crippen molar-refractivity contribution in [2.75, 3.05) is 5.32 Å². The number of nitrogens with zero attached hydrogens (tertiary/aromatic N) is 1. The third-order valence-electron chi connectivity index (χ3n) is 3.00. The Labute approximate surface area is 127 Å². The molecule has 0 aliphatic heterocycles. The van der Waals surface area contributed by atoms with Gasteiger partial charge in [-0.1, -0.05) is 30.4 Å². The molecule has 0 aliphatic carbocycles. The Balaban J connectivity index is 1.83. The molecular formula is C15H18N2O3S. The zero-order valence-corrected chi connectivity index (χ0v) is 12.9. The molecule has 0 aliphatic rings. The molecule has 1 heterocycles. The first-order valence-corrected chi connectivity index (χ1v) is 7.75. The molecule has 2 aromatic rings. The monoisotopic (exact) mass is 306 g/mol. The lowest BCUT2D eigenvalue weighted by Gasteiger charge is -2.10. The van der Waals surface area contributed by atoms with Crippen molar-refractivity contribution in [3.8, 4) is 0 Å². The predicted molar refractivity (Wildman–Crippen MR) is 83.3 cm³/mol. The van der Waals surface area contributed by atoms with E-state index in [-0.39, 0.29) is 30.8 Å². The molecule has 0 saturated carbocycles. The first-order valence-electron chi connectivity index (χ1n) is 6.93. The standard InChI is InChI=1S/C15H18N2O3S/c1-3-10(2)20-14(19)9-8-13(18)17-15-16-11-6-4-5-7-12(11)21-15/h4-7,10H,3,8-9H2,1-2H3,(H,16,17,18). The van der Waals surface area contributed by atoms with Gasteiger partial charge in [0.05, 0.1) is 22.7 Å². The van der Waals surface area contributed by atoms with Crippen molar-refractivity contribution >= 4 is 38.6 Å². The zero-order valence-electron chi connectivity index (χ0n) is 12.1. The molecule has 1 aromatic heterocycles. The summed E-state index contributed by atoms with van der Waals surface area (Å²) in [6, 6.07) is 7.67. The highest BCUT2D eigenvalue weighted by molar-refractivity contribution is 7.22. The third-order valence-corrected chi connectivity index (χ3v) is 3.96. The van der Waals surface area contributed by atoms with Crippen LogP contribution in [0.2, 0.25) is 0 Å². The summed E-state index contributed by atoms with van der Waals surface area (Å²) < 4.78 is 6.13. The fraction of sp³-hybridized carbons (Fsp3) is 0.400. The number of fused-ring (bicyclic) bond motifs is 1. The number of thiazole rings is 1. The van der Waals surface area contributed by atoms with E-state index in [9.17, 15) is 9.59 Å². The van der Waals surface area contributed by atoms with Crippen LogP contribution in [-0.2, 0) is 14.3 Å². The van der Waals surface area contributed by atoms with Gasteiger partial charge in [0.1, 0.15) is 0 Å². The number of para-hydroxylation sites is 1. The summed E-state index contributed by atoms with van der Waals surface area (Å²) in [6.07, 6.45) is 0.848. The fourth-order valence-electron chi connectivity index (χ4n) is 1.69.